The van der Waals surface area contributed by atoms with Gasteiger partial charge in [-0.2, -0.15) is 0 Å². The summed E-state index contributed by atoms with van der Waals surface area (Å²) in [6.45, 7) is 7.08. The SMILES string of the molecule is Cc1ccc(-c2cccs2)cc1NC(=O)c1ccc(C(=O)CCCN2CCNCC2)cc1. The number of amides is 1. The van der Waals surface area contributed by atoms with Gasteiger partial charge in [-0.15, -0.1) is 11.3 Å². The van der Waals surface area contributed by atoms with E-state index in [-0.39, 0.29) is 11.7 Å². The number of nitrogens with zero attached hydrogens (tertiary/aromatic N) is 1. The van der Waals surface area contributed by atoms with E-state index in [2.05, 4.69) is 27.7 Å². The van der Waals surface area contributed by atoms with Gasteiger partial charge in [-0.3, -0.25) is 9.59 Å². The van der Waals surface area contributed by atoms with Crippen LogP contribution in [0.5, 0.6) is 0 Å². The van der Waals surface area contributed by atoms with Gasteiger partial charge in [-0.05, 0) is 60.7 Å². The molecule has 0 radical (unpaired) electrons. The third kappa shape index (κ3) is 5.71. The van der Waals surface area contributed by atoms with Crippen LogP contribution in [0.1, 0.15) is 39.1 Å². The molecule has 2 heterocycles. The van der Waals surface area contributed by atoms with Gasteiger partial charge in [0.05, 0.1) is 0 Å². The molecule has 0 atom stereocenters. The topological polar surface area (TPSA) is 61.4 Å². The molecular weight excluding hydrogens is 418 g/mol. The molecule has 0 bridgehead atoms. The molecule has 0 unspecified atom stereocenters. The second-order valence-corrected chi connectivity index (χ2v) is 9.10. The lowest BCUT2D eigenvalue weighted by Crippen LogP contribution is -2.43. The van der Waals surface area contributed by atoms with Gasteiger partial charge in [0.15, 0.2) is 5.78 Å². The quantitative estimate of drug-likeness (QED) is 0.485. The molecule has 32 heavy (non-hydrogen) atoms. The van der Waals surface area contributed by atoms with Gasteiger partial charge in [-0.25, -0.2) is 0 Å². The van der Waals surface area contributed by atoms with E-state index in [0.717, 1.165) is 56.0 Å². The summed E-state index contributed by atoms with van der Waals surface area (Å²) in [6.07, 6.45) is 1.39. The summed E-state index contributed by atoms with van der Waals surface area (Å²) >= 11 is 1.67. The zero-order valence-corrected chi connectivity index (χ0v) is 19.2. The smallest absolute Gasteiger partial charge is 0.255 e. The normalized spacial score (nSPS) is 14.3. The predicted octanol–water partition coefficient (Wildman–Crippen LogP) is 4.84. The van der Waals surface area contributed by atoms with Crippen LogP contribution in [0.15, 0.2) is 60.0 Å². The Morgan fingerprint density at radius 1 is 1.03 bits per heavy atom. The summed E-state index contributed by atoms with van der Waals surface area (Å²) in [5.41, 5.74) is 4.10. The Morgan fingerprint density at radius 2 is 1.78 bits per heavy atom. The fourth-order valence-electron chi connectivity index (χ4n) is 3.90. The third-order valence-corrected chi connectivity index (χ3v) is 6.77. The molecule has 6 heteroatoms. The van der Waals surface area contributed by atoms with E-state index < -0.39 is 0 Å². The molecule has 0 aliphatic carbocycles. The molecule has 2 N–H and O–H groups in total. The van der Waals surface area contributed by atoms with Crippen LogP contribution in [-0.2, 0) is 0 Å². The average Bonchev–Trinajstić information content (AvgIpc) is 3.36. The van der Waals surface area contributed by atoms with E-state index in [9.17, 15) is 9.59 Å². The lowest BCUT2D eigenvalue weighted by Gasteiger charge is -2.26. The maximum absolute atomic E-state index is 12.8. The van der Waals surface area contributed by atoms with Gasteiger partial charge in [0.25, 0.3) is 5.91 Å². The van der Waals surface area contributed by atoms with E-state index in [1.165, 1.54) is 4.88 Å². The second-order valence-electron chi connectivity index (χ2n) is 8.16. The molecule has 4 rings (SSSR count). The minimum atomic E-state index is -0.172. The van der Waals surface area contributed by atoms with Crippen molar-refractivity contribution in [3.05, 3.63) is 76.7 Å². The molecule has 1 fully saturated rings. The monoisotopic (exact) mass is 447 g/mol. The number of anilines is 1. The zero-order valence-electron chi connectivity index (χ0n) is 18.4. The van der Waals surface area contributed by atoms with Crippen molar-refractivity contribution in [2.75, 3.05) is 38.0 Å². The Labute approximate surface area is 193 Å². The second kappa shape index (κ2) is 10.7. The number of carbonyl (C=O) groups is 2. The van der Waals surface area contributed by atoms with Crippen LogP contribution in [0.25, 0.3) is 10.4 Å². The first-order valence-electron chi connectivity index (χ1n) is 11.1. The van der Waals surface area contributed by atoms with Crippen molar-refractivity contribution < 1.29 is 9.59 Å². The summed E-state index contributed by atoms with van der Waals surface area (Å²) in [6, 6.07) is 17.2. The van der Waals surface area contributed by atoms with Crippen LogP contribution in [0.4, 0.5) is 5.69 Å². The number of benzene rings is 2. The van der Waals surface area contributed by atoms with Gasteiger partial charge in [0.1, 0.15) is 0 Å². The Hall–Kier alpha value is -2.80. The van der Waals surface area contributed by atoms with Crippen LogP contribution >= 0.6 is 11.3 Å². The number of aryl methyl sites for hydroxylation is 1. The molecule has 1 aliphatic rings. The van der Waals surface area contributed by atoms with Crippen molar-refractivity contribution in [3.8, 4) is 10.4 Å². The molecule has 0 saturated carbocycles. The largest absolute Gasteiger partial charge is 0.322 e. The standard InChI is InChI=1S/C26H29N3O2S/c1-19-6-7-22(25-5-3-17-32-25)18-23(19)28-26(31)21-10-8-20(9-11-21)24(30)4-2-14-29-15-12-27-13-16-29/h3,5-11,17-18,27H,2,4,12-16H2,1H3,(H,28,31). The van der Waals surface area contributed by atoms with Gasteiger partial charge < -0.3 is 15.5 Å². The van der Waals surface area contributed by atoms with Crippen LogP contribution in [0.2, 0.25) is 0 Å². The fraction of sp³-hybridized carbons (Fsp3) is 0.308. The first kappa shape index (κ1) is 22.4. The maximum Gasteiger partial charge on any atom is 0.255 e. The van der Waals surface area contributed by atoms with Gasteiger partial charge in [-0.1, -0.05) is 30.3 Å². The fourth-order valence-corrected chi connectivity index (χ4v) is 4.62. The highest BCUT2D eigenvalue weighted by molar-refractivity contribution is 7.13. The minimum Gasteiger partial charge on any atom is -0.322 e. The van der Waals surface area contributed by atoms with E-state index in [4.69, 9.17) is 0 Å². The number of rotatable bonds is 8. The molecular formula is C26H29N3O2S. The summed E-state index contributed by atoms with van der Waals surface area (Å²) < 4.78 is 0. The zero-order chi connectivity index (χ0) is 22.3. The summed E-state index contributed by atoms with van der Waals surface area (Å²) in [5.74, 6) is -0.0410. The predicted molar refractivity (Wildman–Crippen MR) is 132 cm³/mol. The van der Waals surface area contributed by atoms with Crippen LogP contribution < -0.4 is 10.6 Å². The third-order valence-electron chi connectivity index (χ3n) is 5.85. The Kier molecular flexibility index (Phi) is 7.47. The summed E-state index contributed by atoms with van der Waals surface area (Å²) in [5, 5.41) is 8.40. The highest BCUT2D eigenvalue weighted by Crippen LogP contribution is 2.29. The molecule has 1 amide bonds. The highest BCUT2D eigenvalue weighted by atomic mass is 32.1. The number of piperazine rings is 1. The number of hydrogen-bond donors (Lipinski definition) is 2. The van der Waals surface area contributed by atoms with Crippen molar-refractivity contribution >= 4 is 28.7 Å². The molecule has 1 aromatic heterocycles. The molecule has 1 saturated heterocycles. The Morgan fingerprint density at radius 3 is 2.50 bits per heavy atom. The Balaban J connectivity index is 1.34. The average molecular weight is 448 g/mol. The number of hydrogen-bond acceptors (Lipinski definition) is 5. The molecule has 5 nitrogen and oxygen atoms in total. The molecule has 2 aromatic carbocycles. The van der Waals surface area contributed by atoms with Gasteiger partial charge >= 0.3 is 0 Å². The van der Waals surface area contributed by atoms with E-state index >= 15 is 0 Å². The maximum atomic E-state index is 12.8. The van der Waals surface area contributed by atoms with Crippen molar-refractivity contribution in [2.45, 2.75) is 19.8 Å². The molecule has 166 valence electrons. The molecule has 1 aliphatic heterocycles. The number of carbonyl (C=O) groups excluding carboxylic acids is 2. The molecule has 0 spiro atoms. The first-order chi connectivity index (χ1) is 15.6. The minimum absolute atomic E-state index is 0.131. The summed E-state index contributed by atoms with van der Waals surface area (Å²) in [7, 11) is 0. The number of nitrogens with one attached hydrogen (secondary N) is 2. The van der Waals surface area contributed by atoms with Crippen LogP contribution in [0.3, 0.4) is 0 Å². The van der Waals surface area contributed by atoms with E-state index in [0.29, 0.717) is 17.5 Å². The van der Waals surface area contributed by atoms with Gasteiger partial charge in [0, 0.05) is 54.3 Å². The van der Waals surface area contributed by atoms with Crippen LogP contribution in [0, 0.1) is 6.92 Å². The Bertz CT molecular complexity index is 1060. The first-order valence-corrected chi connectivity index (χ1v) is 12.0. The van der Waals surface area contributed by atoms with Crippen molar-refractivity contribution in [1.82, 2.24) is 10.2 Å². The number of ketones is 1. The van der Waals surface area contributed by atoms with Crippen molar-refractivity contribution in [1.29, 1.82) is 0 Å². The van der Waals surface area contributed by atoms with Crippen LogP contribution in [-0.4, -0.2) is 49.3 Å². The number of thiophene rings is 1. The van der Waals surface area contributed by atoms with E-state index in [1.54, 1.807) is 35.6 Å². The van der Waals surface area contributed by atoms with E-state index in [1.807, 2.05) is 30.5 Å². The van der Waals surface area contributed by atoms with Gasteiger partial charge in [0.2, 0.25) is 0 Å². The van der Waals surface area contributed by atoms with Crippen molar-refractivity contribution in [2.24, 2.45) is 0 Å². The summed E-state index contributed by atoms with van der Waals surface area (Å²) in [4.78, 5) is 28.9. The molecule has 3 aromatic rings. The lowest BCUT2D eigenvalue weighted by atomic mass is 10.0. The highest BCUT2D eigenvalue weighted by Gasteiger charge is 2.13. The lowest BCUT2D eigenvalue weighted by molar-refractivity contribution is 0.0971. The van der Waals surface area contributed by atoms with Crippen molar-refractivity contribution in [3.63, 3.8) is 0 Å². The number of Topliss-reactive ketones (excluding diaryl/α,β-unsaturated/α-hetero) is 1.